The Morgan fingerprint density at radius 2 is 1.52 bits per heavy atom. The van der Waals surface area contributed by atoms with Gasteiger partial charge in [0.25, 0.3) is 0 Å². The number of nitriles is 1. The summed E-state index contributed by atoms with van der Waals surface area (Å²) in [5.74, 6) is 0. The van der Waals surface area contributed by atoms with E-state index in [1.54, 1.807) is 36.4 Å². The molecule has 0 saturated heterocycles. The molecule has 0 aliphatic carbocycles. The smallest absolute Gasteiger partial charge is 0.216 e. The van der Waals surface area contributed by atoms with Crippen LogP contribution in [0.2, 0.25) is 0 Å². The van der Waals surface area contributed by atoms with Gasteiger partial charge in [-0.2, -0.15) is 5.26 Å². The molecular weight excluding hydrogens is 282 g/mol. The Balaban J connectivity index is 2.30. The van der Waals surface area contributed by atoms with Gasteiger partial charge < -0.3 is 0 Å². The van der Waals surface area contributed by atoms with Crippen molar-refractivity contribution in [2.45, 2.75) is 4.90 Å². The van der Waals surface area contributed by atoms with E-state index in [0.29, 0.717) is 0 Å². The number of hydrogen-bond donors (Lipinski definition) is 0. The Kier molecular flexibility index (Phi) is 4.70. The lowest BCUT2D eigenvalue weighted by Crippen LogP contribution is -2.02. The van der Waals surface area contributed by atoms with Crippen LogP contribution in [-0.2, 0) is 9.84 Å². The fraction of sp³-hybridized carbons (Fsp3) is 0. The van der Waals surface area contributed by atoms with Crippen LogP contribution in [0.15, 0.2) is 82.6 Å². The Bertz CT molecular complexity index is 799. The van der Waals surface area contributed by atoms with Crippen LogP contribution in [0.5, 0.6) is 0 Å². The summed E-state index contributed by atoms with van der Waals surface area (Å²) < 4.78 is 24.6. The van der Waals surface area contributed by atoms with Gasteiger partial charge in [-0.15, -0.1) is 0 Å². The molecule has 21 heavy (non-hydrogen) atoms. The van der Waals surface area contributed by atoms with Crippen molar-refractivity contribution in [1.29, 1.82) is 5.26 Å². The molecule has 0 bridgehead atoms. The largest absolute Gasteiger partial charge is 0.218 e. The molecule has 0 aliphatic rings. The maximum atomic E-state index is 12.3. The van der Waals surface area contributed by atoms with Crippen molar-refractivity contribution in [3.05, 3.63) is 83.3 Å². The lowest BCUT2D eigenvalue weighted by Gasteiger charge is -2.01. The Hall–Kier alpha value is -2.64. The van der Waals surface area contributed by atoms with Crippen molar-refractivity contribution in [2.75, 3.05) is 0 Å². The zero-order valence-corrected chi connectivity index (χ0v) is 12.0. The van der Waals surface area contributed by atoms with Crippen LogP contribution in [-0.4, -0.2) is 8.42 Å². The molecule has 0 aromatic heterocycles. The molecule has 2 aromatic carbocycles. The topological polar surface area (TPSA) is 57.9 Å². The highest BCUT2D eigenvalue weighted by Crippen LogP contribution is 2.18. The zero-order valence-electron chi connectivity index (χ0n) is 11.2. The molecule has 0 fully saturated rings. The van der Waals surface area contributed by atoms with Gasteiger partial charge in [-0.3, -0.25) is 0 Å². The van der Waals surface area contributed by atoms with Gasteiger partial charge in [0, 0.05) is 0 Å². The summed E-state index contributed by atoms with van der Waals surface area (Å²) in [6.45, 7) is 0. The fourth-order valence-electron chi connectivity index (χ4n) is 1.72. The van der Waals surface area contributed by atoms with Gasteiger partial charge in [0.1, 0.15) is 11.0 Å². The summed E-state index contributed by atoms with van der Waals surface area (Å²) in [5, 5.41) is 9.09. The summed E-state index contributed by atoms with van der Waals surface area (Å²) in [5.41, 5.74) is 0.933. The third kappa shape index (κ3) is 3.68. The van der Waals surface area contributed by atoms with Gasteiger partial charge in [-0.1, -0.05) is 60.7 Å². The third-order valence-corrected chi connectivity index (χ3v) is 4.49. The van der Waals surface area contributed by atoms with Crippen molar-refractivity contribution in [1.82, 2.24) is 0 Å². The van der Waals surface area contributed by atoms with E-state index in [2.05, 4.69) is 0 Å². The Labute approximate surface area is 124 Å². The average molecular weight is 295 g/mol. The molecule has 3 nitrogen and oxygen atoms in total. The molecule has 2 rings (SSSR count). The van der Waals surface area contributed by atoms with Crippen LogP contribution in [0, 0.1) is 11.3 Å². The minimum Gasteiger partial charge on any atom is -0.218 e. The SMILES string of the molecule is N#C/C(=C\C=C/c1ccccc1)S(=O)(=O)c1ccccc1. The number of allylic oxidation sites excluding steroid dienone is 3. The minimum atomic E-state index is -3.76. The van der Waals surface area contributed by atoms with Gasteiger partial charge in [0.15, 0.2) is 0 Å². The van der Waals surface area contributed by atoms with Crippen LogP contribution >= 0.6 is 0 Å². The number of benzene rings is 2. The fourth-order valence-corrected chi connectivity index (χ4v) is 2.87. The monoisotopic (exact) mass is 295 g/mol. The van der Waals surface area contributed by atoms with E-state index in [1.807, 2.05) is 30.3 Å². The highest BCUT2D eigenvalue weighted by Gasteiger charge is 2.19. The molecule has 0 aliphatic heterocycles. The molecule has 0 radical (unpaired) electrons. The summed E-state index contributed by atoms with van der Waals surface area (Å²) >= 11 is 0. The van der Waals surface area contributed by atoms with Crippen LogP contribution in [0.25, 0.3) is 6.08 Å². The first kappa shape index (κ1) is 14.8. The predicted molar refractivity (Wildman–Crippen MR) is 82.8 cm³/mol. The first-order chi connectivity index (χ1) is 10.1. The summed E-state index contributed by atoms with van der Waals surface area (Å²) in [7, 11) is -3.76. The van der Waals surface area contributed by atoms with Crippen molar-refractivity contribution in [3.8, 4) is 6.07 Å². The van der Waals surface area contributed by atoms with E-state index >= 15 is 0 Å². The first-order valence-corrected chi connectivity index (χ1v) is 7.76. The van der Waals surface area contributed by atoms with Crippen LogP contribution < -0.4 is 0 Å². The highest BCUT2D eigenvalue weighted by atomic mass is 32.2. The maximum Gasteiger partial charge on any atom is 0.216 e. The van der Waals surface area contributed by atoms with E-state index in [1.165, 1.54) is 18.2 Å². The van der Waals surface area contributed by atoms with Gasteiger partial charge >= 0.3 is 0 Å². The summed E-state index contributed by atoms with van der Waals surface area (Å²) in [6, 6.07) is 19.1. The van der Waals surface area contributed by atoms with E-state index < -0.39 is 9.84 Å². The molecule has 0 heterocycles. The number of nitrogens with zero attached hydrogens (tertiary/aromatic N) is 1. The standard InChI is InChI=1S/C17H13NO2S/c18-14-17(13-7-10-15-8-3-1-4-9-15)21(19,20)16-11-5-2-6-12-16/h1-13H/b10-7-,17-13+. The Morgan fingerprint density at radius 1 is 0.952 bits per heavy atom. The van der Waals surface area contributed by atoms with Crippen LogP contribution in [0.4, 0.5) is 0 Å². The molecule has 4 heteroatoms. The summed E-state index contributed by atoms with van der Waals surface area (Å²) in [4.78, 5) is -0.160. The van der Waals surface area contributed by atoms with Crippen molar-refractivity contribution in [2.24, 2.45) is 0 Å². The Morgan fingerprint density at radius 3 is 2.10 bits per heavy atom. The molecule has 0 spiro atoms. The number of sulfone groups is 1. The molecule has 0 unspecified atom stereocenters. The number of hydrogen-bond acceptors (Lipinski definition) is 3. The first-order valence-electron chi connectivity index (χ1n) is 6.28. The van der Waals surface area contributed by atoms with Crippen LogP contribution in [0.1, 0.15) is 5.56 Å². The second-order valence-electron chi connectivity index (χ2n) is 4.23. The van der Waals surface area contributed by atoms with Crippen molar-refractivity contribution < 1.29 is 8.42 Å². The van der Waals surface area contributed by atoms with E-state index in [-0.39, 0.29) is 9.80 Å². The summed E-state index contributed by atoms with van der Waals surface area (Å²) in [6.07, 6.45) is 4.63. The van der Waals surface area contributed by atoms with E-state index in [4.69, 9.17) is 5.26 Å². The lowest BCUT2D eigenvalue weighted by molar-refractivity contribution is 0.603. The van der Waals surface area contributed by atoms with Crippen molar-refractivity contribution in [3.63, 3.8) is 0 Å². The van der Waals surface area contributed by atoms with Gasteiger partial charge in [-0.05, 0) is 23.8 Å². The van der Waals surface area contributed by atoms with Crippen LogP contribution in [0.3, 0.4) is 0 Å². The second-order valence-corrected chi connectivity index (χ2v) is 6.15. The molecule has 0 N–H and O–H groups in total. The van der Waals surface area contributed by atoms with Gasteiger partial charge in [0.05, 0.1) is 4.90 Å². The molecule has 2 aromatic rings. The molecule has 0 amide bonds. The normalized spacial score (nSPS) is 12.2. The molecule has 104 valence electrons. The predicted octanol–water partition coefficient (Wildman–Crippen LogP) is 3.58. The van der Waals surface area contributed by atoms with Crippen molar-refractivity contribution >= 4 is 15.9 Å². The maximum absolute atomic E-state index is 12.3. The van der Waals surface area contributed by atoms with E-state index in [0.717, 1.165) is 5.56 Å². The third-order valence-electron chi connectivity index (χ3n) is 2.79. The second kappa shape index (κ2) is 6.69. The highest BCUT2D eigenvalue weighted by molar-refractivity contribution is 7.95. The number of rotatable bonds is 4. The minimum absolute atomic E-state index is 0.117. The lowest BCUT2D eigenvalue weighted by atomic mass is 10.2. The van der Waals surface area contributed by atoms with Gasteiger partial charge in [0.2, 0.25) is 9.84 Å². The molecule has 0 atom stereocenters. The zero-order chi connectivity index (χ0) is 15.1. The average Bonchev–Trinajstić information content (AvgIpc) is 2.53. The van der Waals surface area contributed by atoms with Gasteiger partial charge in [-0.25, -0.2) is 8.42 Å². The van der Waals surface area contributed by atoms with E-state index in [9.17, 15) is 8.42 Å². The quantitative estimate of drug-likeness (QED) is 0.640. The molecule has 0 saturated carbocycles. The molecular formula is C17H13NO2S.